The van der Waals surface area contributed by atoms with Crippen molar-refractivity contribution in [1.29, 1.82) is 0 Å². The summed E-state index contributed by atoms with van der Waals surface area (Å²) < 4.78 is 22.7. The van der Waals surface area contributed by atoms with E-state index >= 15 is 0 Å². The molecule has 2 atom stereocenters. The molecular weight excluding hydrogens is 679 g/mol. The van der Waals surface area contributed by atoms with Gasteiger partial charge in [0, 0.05) is 6.54 Å². The Morgan fingerprint density at radius 3 is 1.06 bits per heavy atom. The Bertz CT molecular complexity index is 799. The van der Waals surface area contributed by atoms with Gasteiger partial charge in [0.1, 0.15) is 19.8 Å². The summed E-state index contributed by atoms with van der Waals surface area (Å²) in [6, 6.07) is 0. The predicted octanol–water partition coefficient (Wildman–Crippen LogP) is 13.0. The van der Waals surface area contributed by atoms with E-state index in [9.17, 15) is 14.4 Å². The molecule has 8 nitrogen and oxygen atoms in total. The van der Waals surface area contributed by atoms with E-state index < -0.39 is 12.1 Å². The van der Waals surface area contributed by atoms with Crippen molar-refractivity contribution < 1.29 is 33.3 Å². The van der Waals surface area contributed by atoms with Gasteiger partial charge in [-0.2, -0.15) is 0 Å². The third kappa shape index (κ3) is 33.5. The maximum Gasteiger partial charge on any atom is 0.508 e. The van der Waals surface area contributed by atoms with Gasteiger partial charge in [-0.25, -0.2) is 4.79 Å². The highest BCUT2D eigenvalue weighted by Crippen LogP contribution is 2.23. The maximum atomic E-state index is 13.5. The number of carbonyl (C=O) groups excluding carboxylic acids is 3. The third-order valence-corrected chi connectivity index (χ3v) is 10.6. The van der Waals surface area contributed by atoms with Crippen LogP contribution in [0.4, 0.5) is 4.79 Å². The fraction of sp³-hybridized carbons (Fsp3) is 0.935. The molecule has 0 aliphatic heterocycles. The van der Waals surface area contributed by atoms with Crippen molar-refractivity contribution in [3.63, 3.8) is 0 Å². The molecule has 0 bridgehead atoms. The predicted molar refractivity (Wildman–Crippen MR) is 225 cm³/mol. The van der Waals surface area contributed by atoms with E-state index in [-0.39, 0.29) is 50.2 Å². The second kappa shape index (κ2) is 39.4. The molecule has 0 aliphatic rings. The first-order valence-corrected chi connectivity index (χ1v) is 23.1. The molecular formula is C46H89NO7. The van der Waals surface area contributed by atoms with Crippen molar-refractivity contribution in [3.05, 3.63) is 0 Å². The molecule has 0 rings (SSSR count). The van der Waals surface area contributed by atoms with E-state index in [1.807, 2.05) is 19.0 Å². The zero-order valence-electron chi connectivity index (χ0n) is 36.6. The summed E-state index contributed by atoms with van der Waals surface area (Å²) in [6.45, 7) is 10.0. The van der Waals surface area contributed by atoms with Crippen LogP contribution in [0.2, 0.25) is 0 Å². The van der Waals surface area contributed by atoms with Gasteiger partial charge in [-0.1, -0.05) is 182 Å². The van der Waals surface area contributed by atoms with Crippen LogP contribution in [0.15, 0.2) is 0 Å². The number of ether oxygens (including phenoxy) is 4. The standard InChI is InChI=1S/C46H89NO7/c1-7-11-15-19-21-25-29-34-42(32-27-23-17-13-9-3)44(48)52-38-41(40-54-46(50)51-37-31-36-47(5)6)39-53-45(49)43(33-28-24-18-14-10-4)35-30-26-22-20-16-12-8-2/h41-43H,7-40H2,1-6H3. The zero-order chi connectivity index (χ0) is 39.9. The Kier molecular flexibility index (Phi) is 38.1. The monoisotopic (exact) mass is 768 g/mol. The molecule has 0 saturated carbocycles. The third-order valence-electron chi connectivity index (χ3n) is 10.6. The normalized spacial score (nSPS) is 13.1. The summed E-state index contributed by atoms with van der Waals surface area (Å²) in [5, 5.41) is 0. The molecule has 0 aliphatic carbocycles. The summed E-state index contributed by atoms with van der Waals surface area (Å²) in [7, 11) is 3.95. The van der Waals surface area contributed by atoms with E-state index in [0.29, 0.717) is 6.42 Å². The highest BCUT2D eigenvalue weighted by atomic mass is 16.7. The van der Waals surface area contributed by atoms with Gasteiger partial charge in [0.2, 0.25) is 0 Å². The van der Waals surface area contributed by atoms with Crippen LogP contribution in [0, 0.1) is 17.8 Å². The fourth-order valence-electron chi connectivity index (χ4n) is 6.99. The summed E-state index contributed by atoms with van der Waals surface area (Å²) in [5.74, 6) is -1.08. The Balaban J connectivity index is 5.45. The molecule has 0 spiro atoms. The molecule has 0 aromatic carbocycles. The van der Waals surface area contributed by atoms with Crippen LogP contribution in [-0.4, -0.2) is 70.1 Å². The number of rotatable bonds is 40. The van der Waals surface area contributed by atoms with E-state index in [1.54, 1.807) is 0 Å². The lowest BCUT2D eigenvalue weighted by Gasteiger charge is -2.22. The lowest BCUT2D eigenvalue weighted by Crippen LogP contribution is -2.30. The van der Waals surface area contributed by atoms with Gasteiger partial charge in [-0.05, 0) is 46.2 Å². The summed E-state index contributed by atoms with van der Waals surface area (Å²) in [6.07, 6.45) is 31.8. The van der Waals surface area contributed by atoms with E-state index in [0.717, 1.165) is 83.6 Å². The van der Waals surface area contributed by atoms with Crippen molar-refractivity contribution in [2.24, 2.45) is 17.8 Å². The Morgan fingerprint density at radius 2 is 0.722 bits per heavy atom. The maximum absolute atomic E-state index is 13.5. The molecule has 0 amide bonds. The average molecular weight is 768 g/mol. The molecule has 0 fully saturated rings. The number of hydrogen-bond donors (Lipinski definition) is 0. The molecule has 0 aromatic heterocycles. The largest absolute Gasteiger partial charge is 0.508 e. The smallest absolute Gasteiger partial charge is 0.465 e. The van der Waals surface area contributed by atoms with Gasteiger partial charge < -0.3 is 23.8 Å². The molecule has 2 unspecified atom stereocenters. The van der Waals surface area contributed by atoms with Crippen LogP contribution in [-0.2, 0) is 28.5 Å². The van der Waals surface area contributed by atoms with Crippen molar-refractivity contribution in [3.8, 4) is 0 Å². The highest BCUT2D eigenvalue weighted by Gasteiger charge is 2.25. The topological polar surface area (TPSA) is 91.4 Å². The summed E-state index contributed by atoms with van der Waals surface area (Å²) in [5.41, 5.74) is 0. The molecule has 8 heteroatoms. The zero-order valence-corrected chi connectivity index (χ0v) is 36.6. The lowest BCUT2D eigenvalue weighted by molar-refractivity contribution is -0.155. The van der Waals surface area contributed by atoms with Crippen molar-refractivity contribution in [2.75, 3.05) is 47.1 Å². The van der Waals surface area contributed by atoms with Gasteiger partial charge in [0.25, 0.3) is 0 Å². The summed E-state index contributed by atoms with van der Waals surface area (Å²) in [4.78, 5) is 41.6. The molecule has 320 valence electrons. The van der Waals surface area contributed by atoms with Gasteiger partial charge in [-0.3, -0.25) is 9.59 Å². The van der Waals surface area contributed by atoms with Crippen molar-refractivity contribution in [1.82, 2.24) is 4.90 Å². The van der Waals surface area contributed by atoms with Crippen LogP contribution in [0.3, 0.4) is 0 Å². The average Bonchev–Trinajstić information content (AvgIpc) is 3.16. The molecule has 0 saturated heterocycles. The van der Waals surface area contributed by atoms with Gasteiger partial charge in [0.15, 0.2) is 0 Å². The van der Waals surface area contributed by atoms with Crippen LogP contribution in [0.25, 0.3) is 0 Å². The Morgan fingerprint density at radius 1 is 0.407 bits per heavy atom. The Labute approximate surface area is 334 Å². The first kappa shape index (κ1) is 52.2. The highest BCUT2D eigenvalue weighted by molar-refractivity contribution is 5.73. The van der Waals surface area contributed by atoms with Crippen LogP contribution in [0.5, 0.6) is 0 Å². The first-order chi connectivity index (χ1) is 26.3. The number of unbranched alkanes of at least 4 members (excludes halogenated alkanes) is 20. The van der Waals surface area contributed by atoms with Gasteiger partial charge in [-0.15, -0.1) is 0 Å². The van der Waals surface area contributed by atoms with Crippen LogP contribution < -0.4 is 0 Å². The molecule has 54 heavy (non-hydrogen) atoms. The molecule has 0 N–H and O–H groups in total. The number of nitrogens with zero attached hydrogens (tertiary/aromatic N) is 1. The van der Waals surface area contributed by atoms with E-state index in [1.165, 1.54) is 103 Å². The lowest BCUT2D eigenvalue weighted by atomic mass is 9.94. The SMILES string of the molecule is CCCCCCCCCC(CCCCCCC)C(=O)OCC(COC(=O)OCCCN(C)C)COC(=O)C(CCCCCCC)CCCCCCCCC. The van der Waals surface area contributed by atoms with E-state index in [4.69, 9.17) is 18.9 Å². The minimum Gasteiger partial charge on any atom is -0.465 e. The minimum atomic E-state index is -0.746. The molecule has 0 aromatic rings. The quantitative estimate of drug-likeness (QED) is 0.0346. The number of hydrogen-bond acceptors (Lipinski definition) is 8. The fourth-order valence-corrected chi connectivity index (χ4v) is 6.99. The van der Waals surface area contributed by atoms with Crippen LogP contribution >= 0.6 is 0 Å². The van der Waals surface area contributed by atoms with Gasteiger partial charge >= 0.3 is 18.1 Å². The van der Waals surface area contributed by atoms with Crippen molar-refractivity contribution in [2.45, 2.75) is 214 Å². The molecule has 0 radical (unpaired) electrons. The van der Waals surface area contributed by atoms with E-state index in [2.05, 4.69) is 27.7 Å². The van der Waals surface area contributed by atoms with Crippen LogP contribution in [0.1, 0.15) is 214 Å². The second-order valence-electron chi connectivity index (χ2n) is 16.3. The minimum absolute atomic E-state index is 0.0358. The molecule has 0 heterocycles. The first-order valence-electron chi connectivity index (χ1n) is 23.1. The number of esters is 2. The van der Waals surface area contributed by atoms with Gasteiger partial charge in [0.05, 0.1) is 24.4 Å². The second-order valence-corrected chi connectivity index (χ2v) is 16.3. The number of carbonyl (C=O) groups is 3. The Hall–Kier alpha value is -1.83. The summed E-state index contributed by atoms with van der Waals surface area (Å²) >= 11 is 0. The van der Waals surface area contributed by atoms with Crippen molar-refractivity contribution >= 4 is 18.1 Å².